The van der Waals surface area contributed by atoms with E-state index in [-0.39, 0.29) is 18.4 Å². The van der Waals surface area contributed by atoms with Crippen LogP contribution in [0.4, 0.5) is 18.3 Å². The zero-order valence-electron chi connectivity index (χ0n) is 16.8. The van der Waals surface area contributed by atoms with Gasteiger partial charge in [-0.3, -0.25) is 9.69 Å². The van der Waals surface area contributed by atoms with Gasteiger partial charge >= 0.3 is 6.18 Å². The Morgan fingerprint density at radius 2 is 1.87 bits per heavy atom. The Balaban J connectivity index is 1.62. The number of hydrogen-bond acceptors (Lipinski definition) is 6. The first-order valence-electron chi connectivity index (χ1n) is 9.67. The van der Waals surface area contributed by atoms with Crippen LogP contribution in [0.25, 0.3) is 10.6 Å². The predicted octanol–water partition coefficient (Wildman–Crippen LogP) is 5.21. The van der Waals surface area contributed by atoms with E-state index in [4.69, 9.17) is 0 Å². The van der Waals surface area contributed by atoms with Gasteiger partial charge in [-0.25, -0.2) is 9.97 Å². The molecule has 1 aliphatic rings. The van der Waals surface area contributed by atoms with Crippen LogP contribution in [-0.4, -0.2) is 27.1 Å². The van der Waals surface area contributed by atoms with Crippen molar-refractivity contribution in [2.45, 2.75) is 45.5 Å². The number of carbonyl (C=O) groups excluding carboxylic acids is 1. The van der Waals surface area contributed by atoms with Gasteiger partial charge in [0.15, 0.2) is 5.13 Å². The molecule has 2 heterocycles. The Hall–Kier alpha value is -2.30. The Bertz CT molecular complexity index is 1090. The van der Waals surface area contributed by atoms with Crippen molar-refractivity contribution in [3.05, 3.63) is 51.5 Å². The summed E-state index contributed by atoms with van der Waals surface area (Å²) in [4.78, 5) is 24.6. The highest BCUT2D eigenvalue weighted by Gasteiger charge is 2.37. The molecular weight excluding hydrogens is 447 g/mol. The van der Waals surface area contributed by atoms with E-state index in [1.807, 2.05) is 19.2 Å². The molecule has 0 atom stereocenters. The van der Waals surface area contributed by atoms with E-state index in [9.17, 15) is 23.1 Å². The van der Waals surface area contributed by atoms with Gasteiger partial charge in [-0.2, -0.15) is 13.2 Å². The molecule has 0 spiro atoms. The summed E-state index contributed by atoms with van der Waals surface area (Å²) >= 11 is 2.83. The Morgan fingerprint density at radius 1 is 1.19 bits per heavy atom. The number of nitrogens with zero attached hydrogens (tertiary/aromatic N) is 3. The molecule has 10 heteroatoms. The number of rotatable bonds is 5. The average molecular weight is 468 g/mol. The minimum absolute atomic E-state index is 0.108. The standard InChI is InChI=1S/C21H20F3N3O2S2/c1-11-18(31-12(2)25-11)17-10-30-20(26-17)27(19(29)14-7-16(28)8-14)9-13-3-5-15(6-4-13)21(22,23)24/h3-6,10,14,16,28H,7-9H2,1-2H3. The quantitative estimate of drug-likeness (QED) is 0.560. The molecule has 1 aromatic carbocycles. The van der Waals surface area contributed by atoms with Crippen molar-refractivity contribution in [3.8, 4) is 10.6 Å². The minimum atomic E-state index is -4.41. The summed E-state index contributed by atoms with van der Waals surface area (Å²) < 4.78 is 38.6. The number of aliphatic hydroxyl groups is 1. The van der Waals surface area contributed by atoms with Crippen molar-refractivity contribution in [2.75, 3.05) is 4.90 Å². The van der Waals surface area contributed by atoms with Gasteiger partial charge in [0.05, 0.1) is 39.5 Å². The third-order valence-electron chi connectivity index (χ3n) is 5.21. The second kappa shape index (κ2) is 8.33. The van der Waals surface area contributed by atoms with Gasteiger partial charge in [0, 0.05) is 11.3 Å². The van der Waals surface area contributed by atoms with E-state index in [1.165, 1.54) is 39.7 Å². The van der Waals surface area contributed by atoms with Crippen LogP contribution in [0.5, 0.6) is 0 Å². The number of anilines is 1. The lowest BCUT2D eigenvalue weighted by Gasteiger charge is -2.34. The van der Waals surface area contributed by atoms with Crippen LogP contribution in [0.2, 0.25) is 0 Å². The molecular formula is C21H20F3N3O2S2. The summed E-state index contributed by atoms with van der Waals surface area (Å²) in [5.74, 6) is -0.493. The van der Waals surface area contributed by atoms with E-state index in [1.54, 1.807) is 0 Å². The van der Waals surface area contributed by atoms with Gasteiger partial charge in [0.1, 0.15) is 0 Å². The van der Waals surface area contributed by atoms with Gasteiger partial charge in [0.2, 0.25) is 5.91 Å². The van der Waals surface area contributed by atoms with Crippen molar-refractivity contribution in [3.63, 3.8) is 0 Å². The molecule has 1 N–H and O–H groups in total. The van der Waals surface area contributed by atoms with Crippen LogP contribution in [-0.2, 0) is 17.5 Å². The number of aliphatic hydroxyl groups excluding tert-OH is 1. The third kappa shape index (κ3) is 4.65. The zero-order chi connectivity index (χ0) is 22.3. The molecule has 31 heavy (non-hydrogen) atoms. The molecule has 1 saturated carbocycles. The monoisotopic (exact) mass is 467 g/mol. The van der Waals surface area contributed by atoms with E-state index < -0.39 is 17.8 Å². The summed E-state index contributed by atoms with van der Waals surface area (Å²) in [5, 5.41) is 12.9. The van der Waals surface area contributed by atoms with Crippen LogP contribution in [0.1, 0.15) is 34.7 Å². The normalized spacial score (nSPS) is 18.6. The van der Waals surface area contributed by atoms with E-state index in [0.717, 1.165) is 33.4 Å². The summed E-state index contributed by atoms with van der Waals surface area (Å²) in [5.41, 5.74) is 1.43. The highest BCUT2D eigenvalue weighted by molar-refractivity contribution is 7.16. The largest absolute Gasteiger partial charge is 0.416 e. The van der Waals surface area contributed by atoms with Crippen LogP contribution in [0.3, 0.4) is 0 Å². The lowest BCUT2D eigenvalue weighted by Crippen LogP contribution is -2.43. The smallest absolute Gasteiger partial charge is 0.393 e. The molecule has 0 unspecified atom stereocenters. The third-order valence-corrected chi connectivity index (χ3v) is 7.17. The molecule has 4 rings (SSSR count). The summed E-state index contributed by atoms with van der Waals surface area (Å²) in [6.07, 6.45) is -4.14. The van der Waals surface area contributed by atoms with E-state index >= 15 is 0 Å². The molecule has 1 aliphatic carbocycles. The molecule has 1 amide bonds. The van der Waals surface area contributed by atoms with Gasteiger partial charge in [-0.05, 0) is 44.4 Å². The van der Waals surface area contributed by atoms with Gasteiger partial charge < -0.3 is 5.11 Å². The molecule has 0 bridgehead atoms. The van der Waals surface area contributed by atoms with Gasteiger partial charge in [-0.15, -0.1) is 22.7 Å². The number of benzene rings is 1. The fraction of sp³-hybridized carbons (Fsp3) is 0.381. The maximum absolute atomic E-state index is 13.1. The predicted molar refractivity (Wildman–Crippen MR) is 114 cm³/mol. The van der Waals surface area contributed by atoms with Crippen molar-refractivity contribution in [1.29, 1.82) is 0 Å². The number of aryl methyl sites for hydroxylation is 2. The molecule has 2 aromatic heterocycles. The number of amides is 1. The summed E-state index contributed by atoms with van der Waals surface area (Å²) in [7, 11) is 0. The first-order valence-corrected chi connectivity index (χ1v) is 11.4. The first kappa shape index (κ1) is 21.9. The fourth-order valence-corrected chi connectivity index (χ4v) is 5.27. The van der Waals surface area contributed by atoms with Crippen LogP contribution < -0.4 is 4.90 Å². The second-order valence-corrected chi connectivity index (χ2v) is 9.64. The van der Waals surface area contributed by atoms with Crippen LogP contribution in [0, 0.1) is 19.8 Å². The van der Waals surface area contributed by atoms with Crippen LogP contribution in [0.15, 0.2) is 29.6 Å². The highest BCUT2D eigenvalue weighted by Crippen LogP contribution is 2.37. The first-order chi connectivity index (χ1) is 14.6. The Morgan fingerprint density at radius 3 is 2.42 bits per heavy atom. The van der Waals surface area contributed by atoms with E-state index in [2.05, 4.69) is 9.97 Å². The summed E-state index contributed by atoms with van der Waals surface area (Å²) in [6, 6.07) is 4.79. The number of hydrogen-bond donors (Lipinski definition) is 1. The molecule has 1 fully saturated rings. The topological polar surface area (TPSA) is 66.3 Å². The SMILES string of the molecule is Cc1nc(C)c(-c2csc(N(Cc3ccc(C(F)(F)F)cc3)C(=O)C3CC(O)C3)n2)s1. The molecule has 0 radical (unpaired) electrons. The van der Waals surface area contributed by atoms with Crippen molar-refractivity contribution < 1.29 is 23.1 Å². The number of aromatic nitrogens is 2. The zero-order valence-corrected chi connectivity index (χ0v) is 18.4. The molecule has 164 valence electrons. The van der Waals surface area contributed by atoms with Crippen LogP contribution >= 0.6 is 22.7 Å². The van der Waals surface area contributed by atoms with Gasteiger partial charge in [-0.1, -0.05) is 12.1 Å². The summed E-state index contributed by atoms with van der Waals surface area (Å²) in [6.45, 7) is 3.92. The number of halogens is 3. The minimum Gasteiger partial charge on any atom is -0.393 e. The second-order valence-electron chi connectivity index (χ2n) is 7.60. The number of thiazole rings is 2. The maximum Gasteiger partial charge on any atom is 0.416 e. The van der Waals surface area contributed by atoms with Crippen molar-refractivity contribution in [1.82, 2.24) is 9.97 Å². The number of alkyl halides is 3. The fourth-order valence-electron chi connectivity index (χ4n) is 3.49. The lowest BCUT2D eigenvalue weighted by atomic mass is 9.81. The highest BCUT2D eigenvalue weighted by atomic mass is 32.1. The molecule has 3 aromatic rings. The molecule has 0 saturated heterocycles. The lowest BCUT2D eigenvalue weighted by molar-refractivity contribution is -0.137. The maximum atomic E-state index is 13.1. The van der Waals surface area contributed by atoms with E-state index in [0.29, 0.717) is 23.5 Å². The average Bonchev–Trinajstić information content (AvgIpc) is 3.28. The van der Waals surface area contributed by atoms with Crippen molar-refractivity contribution in [2.24, 2.45) is 5.92 Å². The Kier molecular flexibility index (Phi) is 5.89. The van der Waals surface area contributed by atoms with Gasteiger partial charge in [0.25, 0.3) is 0 Å². The molecule has 5 nitrogen and oxygen atoms in total. The molecule has 0 aliphatic heterocycles. The number of carbonyl (C=O) groups is 1. The Labute approximate surface area is 185 Å². The van der Waals surface area contributed by atoms with Crippen molar-refractivity contribution >= 4 is 33.7 Å².